The van der Waals surface area contributed by atoms with Crippen LogP contribution in [0.4, 0.5) is 5.69 Å². The molecule has 4 nitrogen and oxygen atoms in total. The van der Waals surface area contributed by atoms with Crippen LogP contribution in [0.15, 0.2) is 24.3 Å². The average molecular weight is 301 g/mol. The fourth-order valence-corrected chi connectivity index (χ4v) is 3.96. The third kappa shape index (κ3) is 2.87. The number of para-hydroxylation sites is 1. The van der Waals surface area contributed by atoms with Crippen molar-refractivity contribution in [2.45, 2.75) is 44.9 Å². The predicted octanol–water partition coefficient (Wildman–Crippen LogP) is 3.42. The first-order chi connectivity index (χ1) is 10.6. The SMILES string of the molecule is CC1CCCC(CC(=O)N2CC(C(=O)O)c3ccccc32)C1. The van der Waals surface area contributed by atoms with Gasteiger partial charge in [-0.15, -0.1) is 0 Å². The lowest BCUT2D eigenvalue weighted by molar-refractivity contribution is -0.138. The second-order valence-electron chi connectivity index (χ2n) is 6.80. The van der Waals surface area contributed by atoms with Crippen molar-refractivity contribution in [3.63, 3.8) is 0 Å². The summed E-state index contributed by atoms with van der Waals surface area (Å²) in [6.07, 6.45) is 5.24. The van der Waals surface area contributed by atoms with Gasteiger partial charge in [-0.2, -0.15) is 0 Å². The molecule has 0 bridgehead atoms. The van der Waals surface area contributed by atoms with E-state index >= 15 is 0 Å². The van der Waals surface area contributed by atoms with E-state index < -0.39 is 11.9 Å². The summed E-state index contributed by atoms with van der Waals surface area (Å²) < 4.78 is 0. The van der Waals surface area contributed by atoms with Crippen molar-refractivity contribution < 1.29 is 14.7 Å². The van der Waals surface area contributed by atoms with Crippen LogP contribution >= 0.6 is 0 Å². The van der Waals surface area contributed by atoms with Crippen molar-refractivity contribution in [3.8, 4) is 0 Å². The molecule has 3 rings (SSSR count). The maximum Gasteiger partial charge on any atom is 0.312 e. The molecular formula is C18H23NO3. The Morgan fingerprint density at radius 1 is 1.27 bits per heavy atom. The number of rotatable bonds is 3. The van der Waals surface area contributed by atoms with Gasteiger partial charge in [0.25, 0.3) is 0 Å². The first kappa shape index (κ1) is 15.1. The molecule has 1 aliphatic heterocycles. The number of carboxylic acids is 1. The van der Waals surface area contributed by atoms with Crippen molar-refractivity contribution in [1.29, 1.82) is 0 Å². The van der Waals surface area contributed by atoms with Gasteiger partial charge in [-0.3, -0.25) is 9.59 Å². The van der Waals surface area contributed by atoms with E-state index in [0.717, 1.165) is 24.1 Å². The van der Waals surface area contributed by atoms with E-state index in [1.807, 2.05) is 24.3 Å². The molecule has 1 amide bonds. The summed E-state index contributed by atoms with van der Waals surface area (Å²) in [7, 11) is 0. The molecule has 1 saturated carbocycles. The molecule has 1 heterocycles. The van der Waals surface area contributed by atoms with Crippen LogP contribution in [-0.4, -0.2) is 23.5 Å². The van der Waals surface area contributed by atoms with Gasteiger partial charge in [-0.1, -0.05) is 38.0 Å². The maximum absolute atomic E-state index is 12.7. The van der Waals surface area contributed by atoms with E-state index in [-0.39, 0.29) is 12.5 Å². The molecule has 2 aliphatic rings. The minimum Gasteiger partial charge on any atom is -0.481 e. The number of benzene rings is 1. The van der Waals surface area contributed by atoms with Gasteiger partial charge in [-0.25, -0.2) is 0 Å². The van der Waals surface area contributed by atoms with Crippen LogP contribution in [0.5, 0.6) is 0 Å². The van der Waals surface area contributed by atoms with E-state index in [1.165, 1.54) is 12.8 Å². The highest BCUT2D eigenvalue weighted by molar-refractivity contribution is 5.99. The number of carbonyl (C=O) groups excluding carboxylic acids is 1. The van der Waals surface area contributed by atoms with E-state index in [0.29, 0.717) is 18.3 Å². The largest absolute Gasteiger partial charge is 0.481 e. The monoisotopic (exact) mass is 301 g/mol. The van der Waals surface area contributed by atoms with Gasteiger partial charge in [0.2, 0.25) is 5.91 Å². The molecule has 1 N–H and O–H groups in total. The number of nitrogens with zero attached hydrogens (tertiary/aromatic N) is 1. The lowest BCUT2D eigenvalue weighted by atomic mass is 9.80. The summed E-state index contributed by atoms with van der Waals surface area (Å²) in [4.78, 5) is 25.8. The highest BCUT2D eigenvalue weighted by Gasteiger charge is 2.36. The van der Waals surface area contributed by atoms with Crippen LogP contribution in [-0.2, 0) is 9.59 Å². The zero-order valence-corrected chi connectivity index (χ0v) is 13.0. The fraction of sp³-hybridized carbons (Fsp3) is 0.556. The molecule has 3 atom stereocenters. The topological polar surface area (TPSA) is 57.6 Å². The van der Waals surface area contributed by atoms with Crippen molar-refractivity contribution in [2.24, 2.45) is 11.8 Å². The summed E-state index contributed by atoms with van der Waals surface area (Å²) in [5, 5.41) is 9.38. The lowest BCUT2D eigenvalue weighted by Crippen LogP contribution is -2.33. The minimum absolute atomic E-state index is 0.0790. The molecule has 0 saturated heterocycles. The molecule has 1 aromatic carbocycles. The third-order valence-electron chi connectivity index (χ3n) is 5.08. The lowest BCUT2D eigenvalue weighted by Gasteiger charge is -2.28. The number of aliphatic carboxylic acids is 1. The molecule has 0 spiro atoms. The van der Waals surface area contributed by atoms with Crippen LogP contribution in [0.25, 0.3) is 0 Å². The van der Waals surface area contributed by atoms with Crippen LogP contribution in [0.2, 0.25) is 0 Å². The average Bonchev–Trinajstić information content (AvgIpc) is 2.87. The molecule has 4 heteroatoms. The van der Waals surface area contributed by atoms with E-state index in [9.17, 15) is 14.7 Å². The van der Waals surface area contributed by atoms with Crippen LogP contribution in [0.3, 0.4) is 0 Å². The zero-order valence-electron chi connectivity index (χ0n) is 13.0. The second kappa shape index (κ2) is 6.11. The van der Waals surface area contributed by atoms with Gasteiger partial charge in [0, 0.05) is 18.7 Å². The molecule has 1 aromatic rings. The molecular weight excluding hydrogens is 278 g/mol. The first-order valence-electron chi connectivity index (χ1n) is 8.18. The van der Waals surface area contributed by atoms with Crippen molar-refractivity contribution in [2.75, 3.05) is 11.4 Å². The highest BCUT2D eigenvalue weighted by atomic mass is 16.4. The quantitative estimate of drug-likeness (QED) is 0.930. The van der Waals surface area contributed by atoms with E-state index in [4.69, 9.17) is 0 Å². The summed E-state index contributed by atoms with van der Waals surface area (Å²) in [5.74, 6) is -0.216. The van der Waals surface area contributed by atoms with Crippen molar-refractivity contribution in [3.05, 3.63) is 29.8 Å². The Morgan fingerprint density at radius 2 is 2.05 bits per heavy atom. The number of anilines is 1. The van der Waals surface area contributed by atoms with Gasteiger partial charge in [0.05, 0.1) is 0 Å². The maximum atomic E-state index is 12.7. The normalized spacial score (nSPS) is 27.5. The summed E-state index contributed by atoms with van der Waals surface area (Å²) in [6, 6.07) is 7.39. The van der Waals surface area contributed by atoms with Gasteiger partial charge in [-0.05, 0) is 36.3 Å². The van der Waals surface area contributed by atoms with Crippen molar-refractivity contribution >= 4 is 17.6 Å². The predicted molar refractivity (Wildman–Crippen MR) is 84.9 cm³/mol. The Hall–Kier alpha value is -1.84. The Kier molecular flexibility index (Phi) is 4.19. The highest BCUT2D eigenvalue weighted by Crippen LogP contribution is 2.38. The van der Waals surface area contributed by atoms with Crippen LogP contribution < -0.4 is 4.90 Å². The number of hydrogen-bond donors (Lipinski definition) is 1. The zero-order chi connectivity index (χ0) is 15.7. The van der Waals surface area contributed by atoms with Crippen molar-refractivity contribution in [1.82, 2.24) is 0 Å². The Morgan fingerprint density at radius 3 is 2.77 bits per heavy atom. The number of fused-ring (bicyclic) bond motifs is 1. The molecule has 1 aliphatic carbocycles. The van der Waals surface area contributed by atoms with Gasteiger partial charge in [0.15, 0.2) is 0 Å². The summed E-state index contributed by atoms with van der Waals surface area (Å²) in [6.45, 7) is 2.53. The second-order valence-corrected chi connectivity index (χ2v) is 6.80. The fourth-order valence-electron chi connectivity index (χ4n) is 3.96. The smallest absolute Gasteiger partial charge is 0.312 e. The van der Waals surface area contributed by atoms with Crippen LogP contribution in [0.1, 0.15) is 50.5 Å². The van der Waals surface area contributed by atoms with Gasteiger partial charge < -0.3 is 10.0 Å². The van der Waals surface area contributed by atoms with Gasteiger partial charge in [0.1, 0.15) is 5.92 Å². The standard InChI is InChI=1S/C18H23NO3/c1-12-5-4-6-13(9-12)10-17(20)19-11-15(18(21)22)14-7-2-3-8-16(14)19/h2-3,7-8,12-13,15H,4-6,9-11H2,1H3,(H,21,22). The molecule has 1 fully saturated rings. The minimum atomic E-state index is -0.853. The molecule has 118 valence electrons. The Balaban J connectivity index is 1.74. The molecule has 22 heavy (non-hydrogen) atoms. The van der Waals surface area contributed by atoms with E-state index in [2.05, 4.69) is 6.92 Å². The number of amides is 1. The Labute approximate surface area is 131 Å². The number of carboxylic acid groups (broad SMARTS) is 1. The summed E-state index contributed by atoms with van der Waals surface area (Å²) >= 11 is 0. The summed E-state index contributed by atoms with van der Waals surface area (Å²) in [5.41, 5.74) is 1.55. The van der Waals surface area contributed by atoms with Crippen LogP contribution in [0, 0.1) is 11.8 Å². The number of hydrogen-bond acceptors (Lipinski definition) is 2. The molecule has 0 radical (unpaired) electrons. The molecule has 3 unspecified atom stereocenters. The first-order valence-corrected chi connectivity index (χ1v) is 8.18. The third-order valence-corrected chi connectivity index (χ3v) is 5.08. The Bertz CT molecular complexity index is 583. The van der Waals surface area contributed by atoms with E-state index in [1.54, 1.807) is 4.90 Å². The van der Waals surface area contributed by atoms with Gasteiger partial charge >= 0.3 is 5.97 Å². The molecule has 0 aromatic heterocycles. The number of carbonyl (C=O) groups is 2.